The molecule has 1 aromatic rings. The molecule has 3 nitrogen and oxygen atoms in total. The Balaban J connectivity index is 2.10. The number of carboxylic acids is 1. The van der Waals surface area contributed by atoms with Crippen molar-refractivity contribution in [3.05, 3.63) is 35.6 Å². The number of hydrogen-bond acceptors (Lipinski definition) is 2. The molecule has 0 aliphatic carbocycles. The number of benzene rings is 1. The van der Waals surface area contributed by atoms with Crippen molar-refractivity contribution in [1.82, 2.24) is 5.32 Å². The first-order valence-corrected chi connectivity index (χ1v) is 5.38. The maximum Gasteiger partial charge on any atom is 0.320 e. The topological polar surface area (TPSA) is 49.3 Å². The van der Waals surface area contributed by atoms with E-state index in [0.29, 0.717) is 18.5 Å². The normalized spacial score (nSPS) is 24.6. The van der Waals surface area contributed by atoms with Crippen molar-refractivity contribution >= 4 is 5.97 Å². The highest BCUT2D eigenvalue weighted by Crippen LogP contribution is 2.22. The van der Waals surface area contributed by atoms with Gasteiger partial charge in [-0.2, -0.15) is 0 Å². The summed E-state index contributed by atoms with van der Waals surface area (Å²) in [4.78, 5) is 10.9. The molecule has 4 heteroatoms. The standard InChI is InChI=1S/C12H14FNO2/c13-10-4-2-1-3-8(10)7-9-5-6-14-11(9)12(15)16/h1-4,9,11,14H,5-7H2,(H,15,16)/t9?,11-/m0/s1. The van der Waals surface area contributed by atoms with Gasteiger partial charge in [0.05, 0.1) is 0 Å². The lowest BCUT2D eigenvalue weighted by atomic mass is 9.92. The molecule has 0 amide bonds. The Morgan fingerprint density at radius 3 is 2.94 bits per heavy atom. The average molecular weight is 223 g/mol. The van der Waals surface area contributed by atoms with E-state index in [1.54, 1.807) is 18.2 Å². The van der Waals surface area contributed by atoms with Crippen LogP contribution in [0.25, 0.3) is 0 Å². The summed E-state index contributed by atoms with van der Waals surface area (Å²) in [5, 5.41) is 11.9. The zero-order chi connectivity index (χ0) is 11.5. The third kappa shape index (κ3) is 2.22. The van der Waals surface area contributed by atoms with E-state index in [1.165, 1.54) is 6.07 Å². The van der Waals surface area contributed by atoms with Crippen LogP contribution in [0.5, 0.6) is 0 Å². The van der Waals surface area contributed by atoms with Crippen LogP contribution in [0.3, 0.4) is 0 Å². The molecule has 1 aliphatic heterocycles. The minimum atomic E-state index is -0.848. The van der Waals surface area contributed by atoms with E-state index in [1.807, 2.05) is 0 Å². The quantitative estimate of drug-likeness (QED) is 0.815. The molecule has 1 fully saturated rings. The van der Waals surface area contributed by atoms with Crippen LogP contribution in [0.15, 0.2) is 24.3 Å². The SMILES string of the molecule is O=C(O)[C@H]1NCCC1Cc1ccccc1F. The van der Waals surface area contributed by atoms with Crippen LogP contribution < -0.4 is 5.32 Å². The fourth-order valence-corrected chi connectivity index (χ4v) is 2.21. The molecule has 0 bridgehead atoms. The predicted molar refractivity (Wildman–Crippen MR) is 57.6 cm³/mol. The highest BCUT2D eigenvalue weighted by atomic mass is 19.1. The lowest BCUT2D eigenvalue weighted by Crippen LogP contribution is -2.36. The van der Waals surface area contributed by atoms with Gasteiger partial charge < -0.3 is 10.4 Å². The van der Waals surface area contributed by atoms with Gasteiger partial charge in [0.1, 0.15) is 11.9 Å². The molecule has 2 rings (SSSR count). The van der Waals surface area contributed by atoms with Gasteiger partial charge >= 0.3 is 5.97 Å². The van der Waals surface area contributed by atoms with Crippen LogP contribution in [0, 0.1) is 11.7 Å². The van der Waals surface area contributed by atoms with Gasteiger partial charge in [0.15, 0.2) is 0 Å². The molecule has 0 saturated carbocycles. The summed E-state index contributed by atoms with van der Waals surface area (Å²) in [5.41, 5.74) is 0.599. The molecule has 16 heavy (non-hydrogen) atoms. The van der Waals surface area contributed by atoms with Crippen LogP contribution in [0.1, 0.15) is 12.0 Å². The number of halogens is 1. The molecule has 1 aliphatic rings. The Bertz CT molecular complexity index is 394. The fraction of sp³-hybridized carbons (Fsp3) is 0.417. The molecule has 0 spiro atoms. The molecule has 1 aromatic carbocycles. The highest BCUT2D eigenvalue weighted by Gasteiger charge is 2.32. The molecule has 1 saturated heterocycles. The van der Waals surface area contributed by atoms with E-state index in [0.717, 1.165) is 6.42 Å². The summed E-state index contributed by atoms with van der Waals surface area (Å²) in [7, 11) is 0. The number of carbonyl (C=O) groups is 1. The second-order valence-corrected chi connectivity index (χ2v) is 4.11. The van der Waals surface area contributed by atoms with E-state index in [2.05, 4.69) is 5.32 Å². The second-order valence-electron chi connectivity index (χ2n) is 4.11. The summed E-state index contributed by atoms with van der Waals surface area (Å²) in [6.07, 6.45) is 1.27. The third-order valence-corrected chi connectivity index (χ3v) is 3.06. The Kier molecular flexibility index (Phi) is 3.19. The van der Waals surface area contributed by atoms with Gasteiger partial charge in [-0.05, 0) is 36.9 Å². The molecule has 86 valence electrons. The molecule has 0 radical (unpaired) electrons. The first-order chi connectivity index (χ1) is 7.68. The van der Waals surface area contributed by atoms with Crippen LogP contribution >= 0.6 is 0 Å². The summed E-state index contributed by atoms with van der Waals surface area (Å²) >= 11 is 0. The number of aliphatic carboxylic acids is 1. The molecular weight excluding hydrogens is 209 g/mol. The Morgan fingerprint density at radius 1 is 1.50 bits per heavy atom. The van der Waals surface area contributed by atoms with Crippen molar-refractivity contribution in [1.29, 1.82) is 0 Å². The van der Waals surface area contributed by atoms with E-state index in [9.17, 15) is 9.18 Å². The van der Waals surface area contributed by atoms with Gasteiger partial charge in [-0.3, -0.25) is 4.79 Å². The Hall–Kier alpha value is -1.42. The van der Waals surface area contributed by atoms with E-state index < -0.39 is 12.0 Å². The molecule has 2 atom stereocenters. The number of rotatable bonds is 3. The zero-order valence-electron chi connectivity index (χ0n) is 8.82. The van der Waals surface area contributed by atoms with Gasteiger partial charge in [0, 0.05) is 0 Å². The van der Waals surface area contributed by atoms with Crippen LogP contribution in [0.2, 0.25) is 0 Å². The van der Waals surface area contributed by atoms with Gasteiger partial charge in [-0.1, -0.05) is 18.2 Å². The molecule has 1 unspecified atom stereocenters. The van der Waals surface area contributed by atoms with Gasteiger partial charge in [0.25, 0.3) is 0 Å². The molecule has 0 aromatic heterocycles. The second kappa shape index (κ2) is 4.61. The van der Waals surface area contributed by atoms with Crippen molar-refractivity contribution in [3.63, 3.8) is 0 Å². The van der Waals surface area contributed by atoms with Crippen molar-refractivity contribution in [3.8, 4) is 0 Å². The maximum atomic E-state index is 13.4. The monoisotopic (exact) mass is 223 g/mol. The zero-order valence-corrected chi connectivity index (χ0v) is 8.82. The number of carboxylic acid groups (broad SMARTS) is 1. The smallest absolute Gasteiger partial charge is 0.320 e. The van der Waals surface area contributed by atoms with E-state index in [-0.39, 0.29) is 11.7 Å². The minimum absolute atomic E-state index is 0.0191. The Labute approximate surface area is 93.3 Å². The van der Waals surface area contributed by atoms with Gasteiger partial charge in [0.2, 0.25) is 0 Å². The number of hydrogen-bond donors (Lipinski definition) is 2. The lowest BCUT2D eigenvalue weighted by Gasteiger charge is -2.15. The van der Waals surface area contributed by atoms with Crippen molar-refractivity contribution < 1.29 is 14.3 Å². The summed E-state index contributed by atoms with van der Waals surface area (Å²) in [6, 6.07) is 6.00. The van der Waals surface area contributed by atoms with E-state index in [4.69, 9.17) is 5.11 Å². The van der Waals surface area contributed by atoms with Crippen molar-refractivity contribution in [2.45, 2.75) is 18.9 Å². The molecule has 1 heterocycles. The van der Waals surface area contributed by atoms with Gasteiger partial charge in [-0.25, -0.2) is 4.39 Å². The van der Waals surface area contributed by atoms with Crippen molar-refractivity contribution in [2.24, 2.45) is 5.92 Å². The Morgan fingerprint density at radius 2 is 2.25 bits per heavy atom. The minimum Gasteiger partial charge on any atom is -0.480 e. The molecular formula is C12H14FNO2. The first-order valence-electron chi connectivity index (χ1n) is 5.38. The van der Waals surface area contributed by atoms with Gasteiger partial charge in [-0.15, -0.1) is 0 Å². The summed E-state index contributed by atoms with van der Waals surface area (Å²) in [5.74, 6) is -1.12. The predicted octanol–water partition coefficient (Wildman–Crippen LogP) is 1.43. The van der Waals surface area contributed by atoms with E-state index >= 15 is 0 Å². The lowest BCUT2D eigenvalue weighted by molar-refractivity contribution is -0.140. The summed E-state index contributed by atoms with van der Waals surface area (Å²) in [6.45, 7) is 0.691. The first kappa shape index (κ1) is 11.1. The summed E-state index contributed by atoms with van der Waals surface area (Å²) < 4.78 is 13.4. The van der Waals surface area contributed by atoms with Crippen molar-refractivity contribution in [2.75, 3.05) is 6.54 Å². The largest absolute Gasteiger partial charge is 0.480 e. The highest BCUT2D eigenvalue weighted by molar-refractivity contribution is 5.74. The molecule has 2 N–H and O–H groups in total. The average Bonchev–Trinajstić information content (AvgIpc) is 2.69. The van der Waals surface area contributed by atoms with Crippen LogP contribution in [-0.4, -0.2) is 23.7 Å². The van der Waals surface area contributed by atoms with Crippen LogP contribution in [-0.2, 0) is 11.2 Å². The third-order valence-electron chi connectivity index (χ3n) is 3.06. The number of nitrogens with one attached hydrogen (secondary N) is 1. The van der Waals surface area contributed by atoms with Crippen LogP contribution in [0.4, 0.5) is 4.39 Å². The fourth-order valence-electron chi connectivity index (χ4n) is 2.21. The maximum absolute atomic E-state index is 13.4.